The molecular weight excluding hydrogens is 420 g/mol. The molecule has 0 aromatic heterocycles. The minimum absolute atomic E-state index is 0.169. The Labute approximate surface area is 186 Å². The van der Waals surface area contributed by atoms with Crippen LogP contribution in [-0.4, -0.2) is 24.2 Å². The summed E-state index contributed by atoms with van der Waals surface area (Å²) in [5.74, 6) is 0.845. The van der Waals surface area contributed by atoms with Gasteiger partial charge in [0.05, 0.1) is 5.56 Å². The Hall–Kier alpha value is -3.09. The molecule has 7 heteroatoms. The third-order valence-electron chi connectivity index (χ3n) is 4.14. The van der Waals surface area contributed by atoms with Crippen LogP contribution >= 0.6 is 23.8 Å². The Morgan fingerprint density at radius 1 is 0.967 bits per heavy atom. The molecule has 30 heavy (non-hydrogen) atoms. The maximum absolute atomic E-state index is 12.7. The molecule has 0 bridgehead atoms. The van der Waals surface area contributed by atoms with E-state index in [-0.39, 0.29) is 11.0 Å². The second-order valence-electron chi connectivity index (χ2n) is 6.38. The van der Waals surface area contributed by atoms with Crippen molar-refractivity contribution in [3.8, 4) is 11.5 Å². The Balaban J connectivity index is 1.55. The third kappa shape index (κ3) is 6.20. The van der Waals surface area contributed by atoms with Gasteiger partial charge in [-0.3, -0.25) is 10.1 Å². The second-order valence-corrected chi connectivity index (χ2v) is 7.19. The van der Waals surface area contributed by atoms with Gasteiger partial charge in [0.2, 0.25) is 0 Å². The molecular formula is C23H21ClN2O3S. The van der Waals surface area contributed by atoms with E-state index in [1.165, 1.54) is 0 Å². The molecule has 0 spiro atoms. The fourth-order valence-electron chi connectivity index (χ4n) is 2.61. The highest BCUT2D eigenvalue weighted by molar-refractivity contribution is 7.80. The zero-order chi connectivity index (χ0) is 21.3. The first kappa shape index (κ1) is 21.6. The number of para-hydroxylation sites is 2. The maximum Gasteiger partial charge on any atom is 0.261 e. The van der Waals surface area contributed by atoms with Gasteiger partial charge in [0.15, 0.2) is 5.11 Å². The molecule has 2 N–H and O–H groups in total. The Kier molecular flexibility index (Phi) is 7.65. The number of carbonyl (C=O) groups excluding carboxylic acids is 1. The molecule has 0 aliphatic heterocycles. The lowest BCUT2D eigenvalue weighted by Gasteiger charge is -2.14. The van der Waals surface area contributed by atoms with Gasteiger partial charge in [0.25, 0.3) is 5.91 Å². The predicted molar refractivity (Wildman–Crippen MR) is 124 cm³/mol. The summed E-state index contributed by atoms with van der Waals surface area (Å²) in [5.41, 5.74) is 2.03. The lowest BCUT2D eigenvalue weighted by Crippen LogP contribution is -2.34. The van der Waals surface area contributed by atoms with E-state index in [0.29, 0.717) is 35.2 Å². The van der Waals surface area contributed by atoms with Gasteiger partial charge in [0, 0.05) is 10.7 Å². The van der Waals surface area contributed by atoms with Gasteiger partial charge >= 0.3 is 0 Å². The van der Waals surface area contributed by atoms with Gasteiger partial charge < -0.3 is 14.8 Å². The lowest BCUT2D eigenvalue weighted by molar-refractivity contribution is 0.0972. The largest absolute Gasteiger partial charge is 0.490 e. The number of hydrogen-bond acceptors (Lipinski definition) is 4. The number of nitrogens with one attached hydrogen (secondary N) is 2. The van der Waals surface area contributed by atoms with E-state index < -0.39 is 0 Å². The molecule has 3 aromatic carbocycles. The number of aryl methyl sites for hydroxylation is 1. The van der Waals surface area contributed by atoms with Gasteiger partial charge in [0.1, 0.15) is 24.7 Å². The van der Waals surface area contributed by atoms with Crippen molar-refractivity contribution in [2.75, 3.05) is 18.5 Å². The number of carbonyl (C=O) groups is 1. The maximum atomic E-state index is 12.7. The van der Waals surface area contributed by atoms with Crippen LogP contribution in [-0.2, 0) is 0 Å². The topological polar surface area (TPSA) is 59.6 Å². The van der Waals surface area contributed by atoms with E-state index in [2.05, 4.69) is 10.6 Å². The van der Waals surface area contributed by atoms with Crippen LogP contribution in [0.3, 0.4) is 0 Å². The first-order valence-corrected chi connectivity index (χ1v) is 10.1. The zero-order valence-electron chi connectivity index (χ0n) is 16.4. The normalized spacial score (nSPS) is 10.2. The summed E-state index contributed by atoms with van der Waals surface area (Å²) in [4.78, 5) is 12.7. The summed E-state index contributed by atoms with van der Waals surface area (Å²) in [6.07, 6.45) is 0. The fraction of sp³-hybridized carbons (Fsp3) is 0.130. The summed E-state index contributed by atoms with van der Waals surface area (Å²) in [6.45, 7) is 2.56. The third-order valence-corrected chi connectivity index (χ3v) is 4.75. The van der Waals surface area contributed by atoms with Gasteiger partial charge in [-0.1, -0.05) is 48.0 Å². The van der Waals surface area contributed by atoms with Gasteiger partial charge in [-0.25, -0.2) is 0 Å². The van der Waals surface area contributed by atoms with Crippen LogP contribution in [0.1, 0.15) is 15.9 Å². The number of anilines is 1. The predicted octanol–water partition coefficient (Wildman–Crippen LogP) is 5.23. The van der Waals surface area contributed by atoms with Crippen LogP contribution in [0.25, 0.3) is 0 Å². The van der Waals surface area contributed by atoms with E-state index >= 15 is 0 Å². The van der Waals surface area contributed by atoms with Crippen LogP contribution in [0.5, 0.6) is 11.5 Å². The van der Waals surface area contributed by atoms with Crippen molar-refractivity contribution in [3.63, 3.8) is 0 Å². The molecule has 0 radical (unpaired) electrons. The fourth-order valence-corrected chi connectivity index (χ4v) is 3.00. The molecule has 0 aliphatic rings. The number of rotatable bonds is 7. The minimum Gasteiger partial charge on any atom is -0.490 e. The van der Waals surface area contributed by atoms with Crippen molar-refractivity contribution < 1.29 is 14.3 Å². The van der Waals surface area contributed by atoms with Gasteiger partial charge in [-0.15, -0.1) is 0 Å². The van der Waals surface area contributed by atoms with Gasteiger partial charge in [-0.05, 0) is 61.1 Å². The summed E-state index contributed by atoms with van der Waals surface area (Å²) in [5, 5.41) is 6.40. The Bertz CT molecular complexity index is 1030. The Morgan fingerprint density at radius 2 is 1.67 bits per heavy atom. The number of ether oxygens (including phenoxy) is 2. The summed E-state index contributed by atoms with van der Waals surface area (Å²) >= 11 is 11.4. The first-order valence-electron chi connectivity index (χ1n) is 9.31. The molecule has 0 heterocycles. The molecule has 3 aromatic rings. The second kappa shape index (κ2) is 10.6. The smallest absolute Gasteiger partial charge is 0.261 e. The molecule has 0 saturated carbocycles. The van der Waals surface area contributed by atoms with Crippen molar-refractivity contribution in [1.82, 2.24) is 5.32 Å². The standard InChI is InChI=1S/C23H21ClN2O3S/c1-16-11-12-17(15-20(16)24)25-23(30)26-22(27)19-9-5-6-10-21(19)29-14-13-28-18-7-3-2-4-8-18/h2-12,15H,13-14H2,1H3,(H2,25,26,27,30). The number of amides is 1. The van der Waals surface area contributed by atoms with E-state index in [0.717, 1.165) is 11.3 Å². The highest BCUT2D eigenvalue weighted by Gasteiger charge is 2.14. The molecule has 1 amide bonds. The molecule has 3 rings (SSSR count). The monoisotopic (exact) mass is 440 g/mol. The number of thiocarbonyl (C=S) groups is 1. The molecule has 0 aliphatic carbocycles. The van der Waals surface area contributed by atoms with Crippen LogP contribution in [0, 0.1) is 6.92 Å². The van der Waals surface area contributed by atoms with Crippen molar-refractivity contribution in [2.24, 2.45) is 0 Å². The molecule has 0 fully saturated rings. The quantitative estimate of drug-likeness (QED) is 0.389. The van der Waals surface area contributed by atoms with E-state index in [1.54, 1.807) is 30.3 Å². The first-order chi connectivity index (χ1) is 14.5. The van der Waals surface area contributed by atoms with Crippen molar-refractivity contribution in [3.05, 3.63) is 88.9 Å². The van der Waals surface area contributed by atoms with E-state index in [4.69, 9.17) is 33.3 Å². The highest BCUT2D eigenvalue weighted by Crippen LogP contribution is 2.21. The number of benzene rings is 3. The van der Waals surface area contributed by atoms with Crippen LogP contribution in [0.15, 0.2) is 72.8 Å². The summed E-state index contributed by atoms with van der Waals surface area (Å²) in [6, 6.07) is 21.9. The average molecular weight is 441 g/mol. The molecule has 0 saturated heterocycles. The van der Waals surface area contributed by atoms with Crippen LogP contribution in [0.4, 0.5) is 5.69 Å². The number of halogens is 1. The van der Waals surface area contributed by atoms with Crippen molar-refractivity contribution in [2.45, 2.75) is 6.92 Å². The lowest BCUT2D eigenvalue weighted by atomic mass is 10.2. The number of hydrogen-bond donors (Lipinski definition) is 2. The van der Waals surface area contributed by atoms with Crippen LogP contribution < -0.4 is 20.1 Å². The van der Waals surface area contributed by atoms with E-state index in [9.17, 15) is 4.79 Å². The Morgan fingerprint density at radius 3 is 2.43 bits per heavy atom. The molecule has 154 valence electrons. The average Bonchev–Trinajstić information content (AvgIpc) is 2.75. The van der Waals surface area contributed by atoms with Gasteiger partial charge in [-0.2, -0.15) is 0 Å². The SMILES string of the molecule is Cc1ccc(NC(=S)NC(=O)c2ccccc2OCCOc2ccccc2)cc1Cl. The highest BCUT2D eigenvalue weighted by atomic mass is 35.5. The molecule has 0 atom stereocenters. The van der Waals surface area contributed by atoms with Crippen molar-refractivity contribution >= 4 is 40.5 Å². The summed E-state index contributed by atoms with van der Waals surface area (Å²) < 4.78 is 11.4. The zero-order valence-corrected chi connectivity index (χ0v) is 17.9. The molecule has 0 unspecified atom stereocenters. The minimum atomic E-state index is -0.370. The van der Waals surface area contributed by atoms with E-state index in [1.807, 2.05) is 49.4 Å². The molecule has 5 nitrogen and oxygen atoms in total. The van der Waals surface area contributed by atoms with Crippen molar-refractivity contribution in [1.29, 1.82) is 0 Å². The van der Waals surface area contributed by atoms with Crippen LogP contribution in [0.2, 0.25) is 5.02 Å². The summed E-state index contributed by atoms with van der Waals surface area (Å²) in [7, 11) is 0.